The highest BCUT2D eigenvalue weighted by Crippen LogP contribution is 2.25. The molecule has 1 aliphatic heterocycles. The normalized spacial score (nSPS) is 15.6. The number of nitrogens with one attached hydrogen (secondary N) is 1. The summed E-state index contributed by atoms with van der Waals surface area (Å²) in [5.41, 5.74) is 4.20. The smallest absolute Gasteiger partial charge is 0.319 e. The number of hydrogen-bond donors (Lipinski definition) is 1. The minimum absolute atomic E-state index is 0.141. The van der Waals surface area contributed by atoms with E-state index in [1.165, 1.54) is 7.11 Å². The monoisotopic (exact) mass is 555 g/mol. The van der Waals surface area contributed by atoms with Gasteiger partial charge in [0.2, 0.25) is 0 Å². The molecule has 0 bridgehead atoms. The third kappa shape index (κ3) is 7.89. The Labute approximate surface area is 239 Å². The van der Waals surface area contributed by atoms with Crippen molar-refractivity contribution in [2.24, 2.45) is 0 Å². The Bertz CT molecular complexity index is 1480. The van der Waals surface area contributed by atoms with E-state index in [-0.39, 0.29) is 24.9 Å². The Morgan fingerprint density at radius 3 is 2.71 bits per heavy atom. The van der Waals surface area contributed by atoms with Crippen molar-refractivity contribution in [1.29, 1.82) is 0 Å². The summed E-state index contributed by atoms with van der Waals surface area (Å²) in [7, 11) is 1.36. The first-order chi connectivity index (χ1) is 20.1. The zero-order chi connectivity index (χ0) is 28.4. The molecule has 5 rings (SSSR count). The molecular weight excluding hydrogens is 522 g/mol. The average Bonchev–Trinajstić information content (AvgIpc) is 3.68. The number of esters is 1. The zero-order valence-corrected chi connectivity index (χ0v) is 23.2. The van der Waals surface area contributed by atoms with Crippen LogP contribution in [0.25, 0.3) is 11.3 Å². The van der Waals surface area contributed by atoms with Crippen molar-refractivity contribution in [3.63, 3.8) is 0 Å². The summed E-state index contributed by atoms with van der Waals surface area (Å²) in [5.74, 6) is 7.49. The molecule has 4 heterocycles. The topological polar surface area (TPSA) is 114 Å². The van der Waals surface area contributed by atoms with Gasteiger partial charge in [-0.1, -0.05) is 17.0 Å². The third-order valence-electron chi connectivity index (χ3n) is 6.64. The van der Waals surface area contributed by atoms with Gasteiger partial charge in [-0.2, -0.15) is 0 Å². The highest BCUT2D eigenvalue weighted by Gasteiger charge is 2.21. The number of imidazole rings is 1. The van der Waals surface area contributed by atoms with Crippen molar-refractivity contribution in [3.05, 3.63) is 89.4 Å². The lowest BCUT2D eigenvalue weighted by Crippen LogP contribution is -2.24. The fraction of sp³-hybridized carbons (Fsp3) is 0.355. The van der Waals surface area contributed by atoms with E-state index in [0.29, 0.717) is 18.8 Å². The molecule has 2 unspecified atom stereocenters. The third-order valence-corrected chi connectivity index (χ3v) is 6.64. The summed E-state index contributed by atoms with van der Waals surface area (Å²) in [6.07, 6.45) is 8.14. The Morgan fingerprint density at radius 1 is 1.12 bits per heavy atom. The number of ether oxygens (including phenoxy) is 3. The molecule has 1 aromatic carbocycles. The molecule has 212 valence electrons. The molecule has 0 amide bonds. The SMILES string of the molecule is COC(=O)CNCc1ccc(C#Cc2ccc(-c3cc(Cn4ccnc4C(C)OC4CCCCO4)no3)cc2)cn1. The van der Waals surface area contributed by atoms with Crippen LogP contribution in [0.2, 0.25) is 0 Å². The van der Waals surface area contributed by atoms with Crippen LogP contribution < -0.4 is 5.32 Å². The van der Waals surface area contributed by atoms with Crippen molar-refractivity contribution in [3.8, 4) is 23.2 Å². The van der Waals surface area contributed by atoms with Gasteiger partial charge in [-0.25, -0.2) is 4.98 Å². The van der Waals surface area contributed by atoms with Gasteiger partial charge in [0.05, 0.1) is 25.9 Å². The maximum Gasteiger partial charge on any atom is 0.319 e. The lowest BCUT2D eigenvalue weighted by Gasteiger charge is -2.26. The van der Waals surface area contributed by atoms with Gasteiger partial charge in [-0.05, 0) is 62.6 Å². The number of pyridine rings is 1. The van der Waals surface area contributed by atoms with Crippen LogP contribution in [0, 0.1) is 11.8 Å². The lowest BCUT2D eigenvalue weighted by atomic mass is 10.1. The van der Waals surface area contributed by atoms with Crippen molar-refractivity contribution in [1.82, 2.24) is 25.0 Å². The predicted molar refractivity (Wildman–Crippen MR) is 150 cm³/mol. The van der Waals surface area contributed by atoms with Crippen molar-refractivity contribution in [2.75, 3.05) is 20.3 Å². The first kappa shape index (κ1) is 28.2. The summed E-state index contributed by atoms with van der Waals surface area (Å²) >= 11 is 0. The van der Waals surface area contributed by atoms with Crippen LogP contribution in [0.4, 0.5) is 0 Å². The summed E-state index contributed by atoms with van der Waals surface area (Å²) < 4.78 is 24.1. The van der Waals surface area contributed by atoms with Crippen molar-refractivity contribution < 1.29 is 23.5 Å². The van der Waals surface area contributed by atoms with Crippen LogP contribution in [0.5, 0.6) is 0 Å². The maximum atomic E-state index is 11.2. The van der Waals surface area contributed by atoms with Crippen molar-refractivity contribution >= 4 is 5.97 Å². The molecule has 0 saturated carbocycles. The first-order valence-corrected chi connectivity index (χ1v) is 13.7. The summed E-state index contributed by atoms with van der Waals surface area (Å²) in [4.78, 5) is 20.1. The standard InChI is InChI=1S/C31H33N5O5/c1-22(40-30-5-3-4-16-39-30)31-33-14-15-36(31)21-27-17-28(41-35-27)25-11-8-23(9-12-25)6-7-24-10-13-26(34-18-24)19-32-20-29(37)38-2/h8-15,17-18,22,30,32H,3-5,16,19-21H2,1-2H3. The number of aromatic nitrogens is 4. The number of hydrogen-bond acceptors (Lipinski definition) is 9. The molecule has 10 heteroatoms. The molecule has 1 aliphatic rings. The zero-order valence-electron chi connectivity index (χ0n) is 23.2. The Hall–Kier alpha value is -4.30. The second-order valence-corrected chi connectivity index (χ2v) is 9.72. The van der Waals surface area contributed by atoms with Gasteiger partial charge in [0.1, 0.15) is 17.6 Å². The Morgan fingerprint density at radius 2 is 1.95 bits per heavy atom. The molecule has 10 nitrogen and oxygen atoms in total. The highest BCUT2D eigenvalue weighted by atomic mass is 16.7. The van der Waals surface area contributed by atoms with Crippen LogP contribution in [0.3, 0.4) is 0 Å². The molecule has 0 radical (unpaired) electrons. The maximum absolute atomic E-state index is 11.2. The molecule has 4 aromatic rings. The summed E-state index contributed by atoms with van der Waals surface area (Å²) in [5, 5.41) is 7.25. The fourth-order valence-corrected chi connectivity index (χ4v) is 4.45. The van der Waals surface area contributed by atoms with Crippen LogP contribution >= 0.6 is 0 Å². The number of rotatable bonds is 10. The van der Waals surface area contributed by atoms with E-state index in [9.17, 15) is 4.79 Å². The van der Waals surface area contributed by atoms with E-state index >= 15 is 0 Å². The molecule has 41 heavy (non-hydrogen) atoms. The van der Waals surface area contributed by atoms with Crippen LogP contribution in [0.15, 0.2) is 65.6 Å². The van der Waals surface area contributed by atoms with Gasteiger partial charge in [0.15, 0.2) is 12.1 Å². The minimum atomic E-state index is -0.313. The van der Waals surface area contributed by atoms with Crippen LogP contribution in [-0.2, 0) is 32.1 Å². The van der Waals surface area contributed by atoms with E-state index in [1.807, 2.05) is 60.2 Å². The van der Waals surface area contributed by atoms with Crippen molar-refractivity contribution in [2.45, 2.75) is 51.7 Å². The van der Waals surface area contributed by atoms with Gasteiger partial charge in [0.25, 0.3) is 0 Å². The van der Waals surface area contributed by atoms with Crippen LogP contribution in [0.1, 0.15) is 60.6 Å². The van der Waals surface area contributed by atoms with E-state index in [2.05, 4.69) is 37.0 Å². The summed E-state index contributed by atoms with van der Waals surface area (Å²) in [6, 6.07) is 13.5. The summed E-state index contributed by atoms with van der Waals surface area (Å²) in [6.45, 7) is 3.87. The number of methoxy groups -OCH3 is 1. The average molecular weight is 556 g/mol. The van der Waals surface area contributed by atoms with E-state index < -0.39 is 0 Å². The largest absolute Gasteiger partial charge is 0.468 e. The highest BCUT2D eigenvalue weighted by molar-refractivity contribution is 5.71. The predicted octanol–water partition coefficient (Wildman–Crippen LogP) is 4.25. The molecule has 2 atom stereocenters. The van der Waals surface area contributed by atoms with Gasteiger partial charge in [-0.3, -0.25) is 9.78 Å². The van der Waals surface area contributed by atoms with E-state index in [0.717, 1.165) is 59.8 Å². The van der Waals surface area contributed by atoms with E-state index in [4.69, 9.17) is 14.0 Å². The molecule has 0 aliphatic carbocycles. The Balaban J connectivity index is 1.16. The Kier molecular flexibility index (Phi) is 9.54. The van der Waals surface area contributed by atoms with Gasteiger partial charge >= 0.3 is 5.97 Å². The quantitative estimate of drug-likeness (QED) is 0.227. The molecule has 3 aromatic heterocycles. The first-order valence-electron chi connectivity index (χ1n) is 13.7. The molecule has 1 fully saturated rings. The second kappa shape index (κ2) is 13.9. The van der Waals surface area contributed by atoms with Crippen LogP contribution in [-0.4, -0.2) is 52.2 Å². The van der Waals surface area contributed by atoms with Gasteiger partial charge in [0, 0.05) is 54.5 Å². The molecule has 0 spiro atoms. The van der Waals surface area contributed by atoms with Gasteiger partial charge < -0.3 is 28.6 Å². The minimum Gasteiger partial charge on any atom is -0.468 e. The molecule has 1 saturated heterocycles. The molecular formula is C31H33N5O5. The number of carbonyl (C=O) groups is 1. The number of nitrogens with zero attached hydrogens (tertiary/aromatic N) is 4. The lowest BCUT2D eigenvalue weighted by molar-refractivity contribution is -0.188. The molecule has 1 N–H and O–H groups in total. The van der Waals surface area contributed by atoms with Gasteiger partial charge in [-0.15, -0.1) is 0 Å². The fourth-order valence-electron chi connectivity index (χ4n) is 4.45. The number of carbonyl (C=O) groups excluding carboxylic acids is 1. The number of benzene rings is 1. The van der Waals surface area contributed by atoms with E-state index in [1.54, 1.807) is 12.4 Å². The second-order valence-electron chi connectivity index (χ2n) is 9.72.